The van der Waals surface area contributed by atoms with Crippen molar-refractivity contribution < 1.29 is 14.7 Å². The number of benzene rings is 4. The quantitative estimate of drug-likeness (QED) is 0.380. The van der Waals surface area contributed by atoms with E-state index in [1.165, 1.54) is 20.2 Å². The lowest BCUT2D eigenvalue weighted by Crippen LogP contribution is -2.20. The summed E-state index contributed by atoms with van der Waals surface area (Å²) in [6, 6.07) is 28.9. The Hall–Kier alpha value is -3.32. The molecule has 144 valence electrons. The summed E-state index contributed by atoms with van der Waals surface area (Å²) in [7, 11) is -1.84. The van der Waals surface area contributed by atoms with Crippen LogP contribution in [0, 0.1) is 0 Å². The van der Waals surface area contributed by atoms with Gasteiger partial charge < -0.3 is 19.3 Å². The number of fused-ring (bicyclic) bond motifs is 6. The molecule has 2 aromatic heterocycles. The first kappa shape index (κ1) is 17.5. The highest BCUT2D eigenvalue weighted by Gasteiger charge is 2.16. The van der Waals surface area contributed by atoms with E-state index in [2.05, 4.69) is 59.2 Å². The molecule has 6 rings (SSSR count). The Labute approximate surface area is 176 Å². The number of rotatable bonds is 3. The smallest absolute Gasteiger partial charge is 0.512 e. The molecule has 0 saturated carbocycles. The van der Waals surface area contributed by atoms with E-state index < -0.39 is 7.32 Å². The van der Waals surface area contributed by atoms with Crippen molar-refractivity contribution in [1.82, 2.24) is 4.57 Å². The largest absolute Gasteiger partial charge is 0.707 e. The van der Waals surface area contributed by atoms with E-state index in [9.17, 15) is 0 Å². The van der Waals surface area contributed by atoms with Crippen molar-refractivity contribution in [3.8, 4) is 11.4 Å². The lowest BCUT2D eigenvalue weighted by Gasteiger charge is -2.09. The third kappa shape index (κ3) is 2.62. The van der Waals surface area contributed by atoms with Crippen LogP contribution < -0.4 is 4.65 Å². The molecular weight excluding hydrogens is 393 g/mol. The molecule has 2 N–H and O–H groups in total. The zero-order chi connectivity index (χ0) is 20.2. The molecule has 4 aromatic carbocycles. The molecule has 0 aliphatic heterocycles. The van der Waals surface area contributed by atoms with Crippen molar-refractivity contribution in [2.45, 2.75) is 0 Å². The summed E-state index contributed by atoms with van der Waals surface area (Å²) in [5, 5.41) is 23.0. The Bertz CT molecular complexity index is 1570. The molecule has 0 amide bonds. The van der Waals surface area contributed by atoms with E-state index >= 15 is 0 Å². The lowest BCUT2D eigenvalue weighted by atomic mass is 10.1. The second kappa shape index (κ2) is 6.60. The van der Waals surface area contributed by atoms with Gasteiger partial charge in [-0.25, -0.2) is 0 Å². The van der Waals surface area contributed by atoms with Gasteiger partial charge in [-0.15, -0.1) is 11.3 Å². The van der Waals surface area contributed by atoms with Crippen molar-refractivity contribution >= 4 is 60.6 Å². The maximum atomic E-state index is 9.16. The minimum atomic E-state index is -1.84. The zero-order valence-electron chi connectivity index (χ0n) is 15.8. The Kier molecular flexibility index (Phi) is 3.86. The molecule has 2 heterocycles. The molecule has 6 aromatic rings. The molecule has 0 radical (unpaired) electrons. The fraction of sp³-hybridized carbons (Fsp3) is 0. The summed E-state index contributed by atoms with van der Waals surface area (Å²) < 4.78 is 9.87. The Morgan fingerprint density at radius 3 is 2.27 bits per heavy atom. The lowest BCUT2D eigenvalue weighted by molar-refractivity contribution is 0.288. The normalized spacial score (nSPS) is 11.7. The summed E-state index contributed by atoms with van der Waals surface area (Å²) in [5.41, 5.74) is 3.22. The maximum absolute atomic E-state index is 9.16. The Balaban J connectivity index is 1.63. The minimum Gasteiger partial charge on any atom is -0.512 e. The first-order valence-corrected chi connectivity index (χ1v) is 10.5. The van der Waals surface area contributed by atoms with Gasteiger partial charge in [0.05, 0.1) is 11.0 Å². The summed E-state index contributed by atoms with van der Waals surface area (Å²) >= 11 is 1.80. The first-order chi connectivity index (χ1) is 14.7. The molecule has 30 heavy (non-hydrogen) atoms. The van der Waals surface area contributed by atoms with Crippen molar-refractivity contribution in [3.63, 3.8) is 0 Å². The van der Waals surface area contributed by atoms with Gasteiger partial charge in [0.15, 0.2) is 0 Å². The molecular formula is C24H16BNO3S. The van der Waals surface area contributed by atoms with Crippen LogP contribution in [0.1, 0.15) is 0 Å². The van der Waals surface area contributed by atoms with Crippen LogP contribution in [0.3, 0.4) is 0 Å². The van der Waals surface area contributed by atoms with Crippen molar-refractivity contribution in [1.29, 1.82) is 0 Å². The summed E-state index contributed by atoms with van der Waals surface area (Å²) in [5.74, 6) is 0.417. The number of para-hydroxylation sites is 1. The molecule has 0 spiro atoms. The SMILES string of the molecule is OB(O)Oc1ccc2c(c1)c1ccccc1n2-c1ccc2c(c1)sc1ccccc12. The molecule has 4 nitrogen and oxygen atoms in total. The van der Waals surface area contributed by atoms with Crippen molar-refractivity contribution in [3.05, 3.63) is 84.9 Å². The van der Waals surface area contributed by atoms with Crippen LogP contribution >= 0.6 is 11.3 Å². The highest BCUT2D eigenvalue weighted by atomic mass is 32.1. The van der Waals surface area contributed by atoms with Crippen LogP contribution in [0.15, 0.2) is 84.9 Å². The maximum Gasteiger partial charge on any atom is 0.707 e. The van der Waals surface area contributed by atoms with Crippen LogP contribution in [-0.2, 0) is 0 Å². The van der Waals surface area contributed by atoms with Gasteiger partial charge in [0.1, 0.15) is 5.75 Å². The van der Waals surface area contributed by atoms with Gasteiger partial charge in [-0.3, -0.25) is 0 Å². The van der Waals surface area contributed by atoms with Crippen LogP contribution in [-0.4, -0.2) is 21.9 Å². The van der Waals surface area contributed by atoms with Gasteiger partial charge in [0, 0.05) is 36.6 Å². The van der Waals surface area contributed by atoms with Gasteiger partial charge in [-0.2, -0.15) is 0 Å². The van der Waals surface area contributed by atoms with Crippen LogP contribution in [0.2, 0.25) is 0 Å². The Morgan fingerprint density at radius 1 is 0.667 bits per heavy atom. The van der Waals surface area contributed by atoms with Gasteiger partial charge in [0.25, 0.3) is 0 Å². The van der Waals surface area contributed by atoms with Gasteiger partial charge >= 0.3 is 7.32 Å². The summed E-state index contributed by atoms with van der Waals surface area (Å²) in [4.78, 5) is 0. The first-order valence-electron chi connectivity index (χ1n) is 9.67. The molecule has 0 aliphatic carbocycles. The monoisotopic (exact) mass is 409 g/mol. The van der Waals surface area contributed by atoms with E-state index in [1.54, 1.807) is 17.4 Å². The zero-order valence-corrected chi connectivity index (χ0v) is 16.6. The third-order valence-corrected chi connectivity index (χ3v) is 6.64. The van der Waals surface area contributed by atoms with Gasteiger partial charge in [-0.1, -0.05) is 42.5 Å². The highest BCUT2D eigenvalue weighted by molar-refractivity contribution is 7.25. The molecule has 6 heteroatoms. The third-order valence-electron chi connectivity index (χ3n) is 5.51. The average Bonchev–Trinajstić information content (AvgIpc) is 3.28. The van der Waals surface area contributed by atoms with Crippen LogP contribution in [0.5, 0.6) is 5.75 Å². The van der Waals surface area contributed by atoms with Crippen LogP contribution in [0.4, 0.5) is 0 Å². The number of hydrogen-bond acceptors (Lipinski definition) is 4. The second-order valence-electron chi connectivity index (χ2n) is 7.25. The molecule has 0 saturated heterocycles. The van der Waals surface area contributed by atoms with Crippen LogP contribution in [0.25, 0.3) is 47.7 Å². The standard InChI is InChI=1S/C24H16BNO3S/c27-25(28)29-16-10-12-22-20(14-16)17-5-1-3-7-21(17)26(22)15-9-11-19-18-6-2-4-8-23(18)30-24(19)13-15/h1-14,27-28H. The number of hydrogen-bond donors (Lipinski definition) is 2. The van der Waals surface area contributed by atoms with Gasteiger partial charge in [0.2, 0.25) is 0 Å². The highest BCUT2D eigenvalue weighted by Crippen LogP contribution is 2.38. The summed E-state index contributed by atoms with van der Waals surface area (Å²) in [6.45, 7) is 0. The number of thiophene rings is 1. The van der Waals surface area contributed by atoms with E-state index in [0.29, 0.717) is 5.75 Å². The molecule has 0 fully saturated rings. The van der Waals surface area contributed by atoms with E-state index in [1.807, 2.05) is 24.3 Å². The molecule has 0 bridgehead atoms. The Morgan fingerprint density at radius 2 is 1.40 bits per heavy atom. The molecule has 0 atom stereocenters. The second-order valence-corrected chi connectivity index (χ2v) is 8.34. The predicted octanol–water partition coefficient (Wildman–Crippen LogP) is 5.50. The summed E-state index contributed by atoms with van der Waals surface area (Å²) in [6.07, 6.45) is 0. The number of aromatic nitrogens is 1. The minimum absolute atomic E-state index is 0.417. The molecule has 0 unspecified atom stereocenters. The fourth-order valence-electron chi connectivity index (χ4n) is 4.28. The molecule has 0 aliphatic rings. The predicted molar refractivity (Wildman–Crippen MR) is 124 cm³/mol. The van der Waals surface area contributed by atoms with Crippen molar-refractivity contribution in [2.75, 3.05) is 0 Å². The fourth-order valence-corrected chi connectivity index (χ4v) is 5.42. The van der Waals surface area contributed by atoms with Gasteiger partial charge in [-0.05, 0) is 42.5 Å². The average molecular weight is 409 g/mol. The van der Waals surface area contributed by atoms with E-state index in [-0.39, 0.29) is 0 Å². The van der Waals surface area contributed by atoms with Crippen molar-refractivity contribution in [2.24, 2.45) is 0 Å². The topological polar surface area (TPSA) is 54.6 Å². The number of nitrogens with zero attached hydrogens (tertiary/aromatic N) is 1. The van der Waals surface area contributed by atoms with E-state index in [4.69, 9.17) is 14.7 Å². The van der Waals surface area contributed by atoms with E-state index in [0.717, 1.165) is 27.5 Å².